The Kier molecular flexibility index (Phi) is 8.82. The molecule has 1 rings (SSSR count). The van der Waals surface area contributed by atoms with E-state index in [0.29, 0.717) is 11.0 Å². The number of hydrogen-bond acceptors (Lipinski definition) is 5. The number of carbonyl (C=O) groups excluding carboxylic acids is 1. The van der Waals surface area contributed by atoms with Crippen LogP contribution in [0.5, 0.6) is 0 Å². The van der Waals surface area contributed by atoms with E-state index in [4.69, 9.17) is 5.11 Å². The number of hydrogen-bond donors (Lipinski definition) is 1. The van der Waals surface area contributed by atoms with E-state index in [9.17, 15) is 9.59 Å². The topological polar surface area (TPSA) is 88.3 Å². The molecule has 0 fully saturated rings. The molecule has 0 bridgehead atoms. The van der Waals surface area contributed by atoms with E-state index < -0.39 is 11.2 Å². The van der Waals surface area contributed by atoms with Gasteiger partial charge < -0.3 is 11.4 Å². The molecule has 1 unspecified atom stereocenters. The Morgan fingerprint density at radius 2 is 2.00 bits per heavy atom. The average molecular weight is 355 g/mol. The van der Waals surface area contributed by atoms with Gasteiger partial charge in [-0.05, 0) is 13.3 Å². The maximum Gasteiger partial charge on any atom is 1.00 e. The minimum atomic E-state index is -0.955. The van der Waals surface area contributed by atoms with E-state index >= 15 is 0 Å². The van der Waals surface area contributed by atoms with Crippen molar-refractivity contribution in [3.63, 3.8) is 0 Å². The summed E-state index contributed by atoms with van der Waals surface area (Å²) in [5.41, 5.74) is -0.278. The fourth-order valence-electron chi connectivity index (χ4n) is 1.34. The molecule has 0 aliphatic heterocycles. The molecule has 1 N–H and O–H groups in total. The summed E-state index contributed by atoms with van der Waals surface area (Å²) < 4.78 is 1.18. The molecule has 120 valence electrons. The normalized spacial score (nSPS) is 12.5. The van der Waals surface area contributed by atoms with Crippen LogP contribution in [0.25, 0.3) is 0 Å². The monoisotopic (exact) mass is 354 g/mol. The molecule has 0 saturated heterocycles. The number of carbonyl (C=O) groups is 2. The van der Waals surface area contributed by atoms with E-state index in [1.807, 2.05) is 20.8 Å². The number of aromatic nitrogens is 3. The second-order valence-corrected chi connectivity index (χ2v) is 6.95. The summed E-state index contributed by atoms with van der Waals surface area (Å²) in [7, 11) is 3.23. The molecule has 0 aromatic carbocycles. The number of nitrogens with zero attached hydrogens (tertiary/aromatic N) is 4. The third-order valence-electron chi connectivity index (χ3n) is 3.26. The standard InChI is InChI=1S/C13H22N4O3S.K.H/c1-7-13(3,4)10-14-11(21-8(2)9(18)19)17(15-10)12(20)16(5)6;;/h8H,7H2,1-6H3,(H,18,19);;/q;+1;-1. The van der Waals surface area contributed by atoms with Crippen LogP contribution in [0.3, 0.4) is 0 Å². The molecule has 0 spiro atoms. The predicted octanol–water partition coefficient (Wildman–Crippen LogP) is -0.823. The molecule has 22 heavy (non-hydrogen) atoms. The molecule has 1 heterocycles. The van der Waals surface area contributed by atoms with Gasteiger partial charge in [-0.2, -0.15) is 4.68 Å². The first-order chi connectivity index (χ1) is 9.60. The van der Waals surface area contributed by atoms with Gasteiger partial charge in [-0.15, -0.1) is 5.10 Å². The maximum absolute atomic E-state index is 12.2. The molecule has 1 aromatic rings. The number of rotatable bonds is 5. The first kappa shape index (κ1) is 22.1. The summed E-state index contributed by atoms with van der Waals surface area (Å²) in [4.78, 5) is 28.9. The van der Waals surface area contributed by atoms with Crippen LogP contribution in [0.15, 0.2) is 5.16 Å². The zero-order chi connectivity index (χ0) is 16.4. The van der Waals surface area contributed by atoms with Crippen LogP contribution in [0.2, 0.25) is 0 Å². The van der Waals surface area contributed by atoms with Crippen molar-refractivity contribution < 1.29 is 67.5 Å². The van der Waals surface area contributed by atoms with Crippen LogP contribution >= 0.6 is 11.8 Å². The molecule has 1 aromatic heterocycles. The van der Waals surface area contributed by atoms with E-state index in [2.05, 4.69) is 10.1 Å². The first-order valence-corrected chi connectivity index (χ1v) is 7.56. The van der Waals surface area contributed by atoms with Crippen molar-refractivity contribution in [1.82, 2.24) is 19.7 Å². The molecule has 0 aliphatic rings. The van der Waals surface area contributed by atoms with Gasteiger partial charge in [0.1, 0.15) is 5.25 Å². The van der Waals surface area contributed by atoms with Crippen LogP contribution in [0.1, 0.15) is 41.4 Å². The summed E-state index contributed by atoms with van der Waals surface area (Å²) in [6.45, 7) is 7.54. The molecule has 0 saturated carbocycles. The fourth-order valence-corrected chi connectivity index (χ4v) is 2.12. The van der Waals surface area contributed by atoms with E-state index in [1.54, 1.807) is 21.0 Å². The van der Waals surface area contributed by atoms with Crippen LogP contribution in [0, 0.1) is 0 Å². The third kappa shape index (κ3) is 5.31. The molecule has 0 aliphatic carbocycles. The van der Waals surface area contributed by atoms with E-state index in [-0.39, 0.29) is 64.3 Å². The molecule has 1 atom stereocenters. The van der Waals surface area contributed by atoms with E-state index in [1.165, 1.54) is 9.58 Å². The van der Waals surface area contributed by atoms with Crippen molar-refractivity contribution in [2.45, 2.75) is 49.9 Å². The SMILES string of the molecule is CCC(C)(C)c1nc(SC(C)C(=O)O)n(C(=O)N(C)C)n1.[H-].[K+]. The van der Waals surface area contributed by atoms with Crippen LogP contribution in [0.4, 0.5) is 4.79 Å². The fraction of sp³-hybridized carbons (Fsp3) is 0.692. The van der Waals surface area contributed by atoms with Crippen LogP contribution in [-0.4, -0.2) is 56.1 Å². The Bertz CT molecular complexity index is 551. The summed E-state index contributed by atoms with van der Waals surface area (Å²) >= 11 is 1.01. The molecule has 9 heteroatoms. The average Bonchev–Trinajstić information content (AvgIpc) is 2.82. The molecular weight excluding hydrogens is 331 g/mol. The van der Waals surface area contributed by atoms with Gasteiger partial charge in [-0.3, -0.25) is 4.79 Å². The van der Waals surface area contributed by atoms with Crippen molar-refractivity contribution in [2.24, 2.45) is 0 Å². The van der Waals surface area contributed by atoms with Crippen LogP contribution < -0.4 is 51.4 Å². The molecule has 7 nitrogen and oxygen atoms in total. The van der Waals surface area contributed by atoms with Gasteiger partial charge in [0.05, 0.1) is 0 Å². The summed E-state index contributed by atoms with van der Waals surface area (Å²) in [5.74, 6) is -0.413. The minimum Gasteiger partial charge on any atom is -1.00 e. The van der Waals surface area contributed by atoms with Gasteiger partial charge in [0, 0.05) is 19.5 Å². The van der Waals surface area contributed by atoms with Crippen molar-refractivity contribution in [3.05, 3.63) is 5.82 Å². The van der Waals surface area contributed by atoms with E-state index in [0.717, 1.165) is 18.2 Å². The van der Waals surface area contributed by atoms with Gasteiger partial charge >= 0.3 is 63.4 Å². The Hall–Kier alpha value is 0.0664. The van der Waals surface area contributed by atoms with Crippen LogP contribution in [-0.2, 0) is 10.2 Å². The first-order valence-electron chi connectivity index (χ1n) is 6.68. The maximum atomic E-state index is 12.2. The van der Waals surface area contributed by atoms with Gasteiger partial charge in [-0.1, -0.05) is 32.5 Å². The van der Waals surface area contributed by atoms with Gasteiger partial charge in [-0.25, -0.2) is 9.78 Å². The zero-order valence-corrected chi connectivity index (χ0v) is 18.2. The van der Waals surface area contributed by atoms with Gasteiger partial charge in [0.25, 0.3) is 0 Å². The van der Waals surface area contributed by atoms with Crippen molar-refractivity contribution in [1.29, 1.82) is 0 Å². The predicted molar refractivity (Wildman–Crippen MR) is 81.9 cm³/mol. The smallest absolute Gasteiger partial charge is 1.00 e. The number of carboxylic acids is 1. The second-order valence-electron chi connectivity index (χ2n) is 5.64. The molecule has 0 radical (unpaired) electrons. The number of aliphatic carboxylic acids is 1. The van der Waals surface area contributed by atoms with Gasteiger partial charge in [0.15, 0.2) is 11.0 Å². The zero-order valence-electron chi connectivity index (χ0n) is 15.2. The Morgan fingerprint density at radius 3 is 2.41 bits per heavy atom. The Morgan fingerprint density at radius 1 is 1.45 bits per heavy atom. The van der Waals surface area contributed by atoms with Crippen molar-refractivity contribution in [2.75, 3.05) is 14.1 Å². The Labute approximate surface area is 179 Å². The largest absolute Gasteiger partial charge is 1.00 e. The summed E-state index contributed by atoms with van der Waals surface area (Å²) in [6, 6.07) is -0.347. The number of carboxylic acid groups (broad SMARTS) is 1. The summed E-state index contributed by atoms with van der Waals surface area (Å²) in [6.07, 6.45) is 0.811. The minimum absolute atomic E-state index is 0. The number of amides is 1. The second kappa shape index (κ2) is 8.79. The summed E-state index contributed by atoms with van der Waals surface area (Å²) in [5, 5.41) is 12.9. The molecule has 1 amide bonds. The molecular formula is C13H23KN4O3S. The van der Waals surface area contributed by atoms with Crippen molar-refractivity contribution in [3.8, 4) is 0 Å². The van der Waals surface area contributed by atoms with Gasteiger partial charge in [0.2, 0.25) is 0 Å². The number of thioether (sulfide) groups is 1. The Balaban J connectivity index is 0. The quantitative estimate of drug-likeness (QED) is 0.549. The van der Waals surface area contributed by atoms with Crippen molar-refractivity contribution >= 4 is 23.8 Å². The third-order valence-corrected chi connectivity index (χ3v) is 4.29.